The number of hydrogen-bond acceptors (Lipinski definition) is 4. The maximum Gasteiger partial charge on any atom is 0.0399 e. The van der Waals surface area contributed by atoms with E-state index in [4.69, 9.17) is 22.9 Å². The Morgan fingerprint density at radius 3 is 1.48 bits per heavy atom. The highest BCUT2D eigenvalue weighted by Crippen LogP contribution is 2.28. The lowest BCUT2D eigenvalue weighted by molar-refractivity contribution is 1.09. The summed E-state index contributed by atoms with van der Waals surface area (Å²) in [6.45, 7) is 10.4. The van der Waals surface area contributed by atoms with Gasteiger partial charge in [0.2, 0.25) is 0 Å². The van der Waals surface area contributed by atoms with Gasteiger partial charge in [-0.3, -0.25) is 0 Å². The first-order valence-electron chi connectivity index (χ1n) is 9.13. The zero-order chi connectivity index (χ0) is 19.1. The summed E-state index contributed by atoms with van der Waals surface area (Å²) < 4.78 is 0. The summed E-state index contributed by atoms with van der Waals surface area (Å²) in [5.74, 6) is 0. The molecule has 0 bridgehead atoms. The fourth-order valence-corrected chi connectivity index (χ4v) is 3.01. The lowest BCUT2D eigenvalue weighted by Crippen LogP contribution is -2.05. The van der Waals surface area contributed by atoms with Crippen molar-refractivity contribution in [3.05, 3.63) is 46.0 Å². The van der Waals surface area contributed by atoms with Crippen LogP contribution in [0.5, 0.6) is 0 Å². The SMILES string of the molecule is CCc1cc(C)c(N)c(CC)c1N.CCc1cc(CC)c(N)cc1N. The molecule has 4 heteroatoms. The van der Waals surface area contributed by atoms with Crippen molar-refractivity contribution in [2.75, 3.05) is 22.9 Å². The molecular formula is C21H34N4. The van der Waals surface area contributed by atoms with Crippen LogP contribution in [0.3, 0.4) is 0 Å². The number of nitrogens with two attached hydrogens (primary N) is 4. The number of rotatable bonds is 4. The van der Waals surface area contributed by atoms with Gasteiger partial charge in [0.25, 0.3) is 0 Å². The van der Waals surface area contributed by atoms with E-state index in [1.54, 1.807) is 0 Å². The summed E-state index contributed by atoms with van der Waals surface area (Å²) in [6, 6.07) is 6.05. The third-order valence-corrected chi connectivity index (χ3v) is 4.71. The lowest BCUT2D eigenvalue weighted by Gasteiger charge is -2.14. The number of hydrogen-bond donors (Lipinski definition) is 4. The Bertz CT molecular complexity index is 695. The second-order valence-corrected chi connectivity index (χ2v) is 6.32. The normalized spacial score (nSPS) is 10.3. The van der Waals surface area contributed by atoms with Crippen LogP contribution in [0, 0.1) is 6.92 Å². The van der Waals surface area contributed by atoms with Crippen LogP contribution in [-0.4, -0.2) is 0 Å². The summed E-state index contributed by atoms with van der Waals surface area (Å²) in [5.41, 5.74) is 32.7. The van der Waals surface area contributed by atoms with Gasteiger partial charge < -0.3 is 22.9 Å². The predicted molar refractivity (Wildman–Crippen MR) is 113 cm³/mol. The van der Waals surface area contributed by atoms with E-state index in [9.17, 15) is 0 Å². The van der Waals surface area contributed by atoms with E-state index in [1.807, 2.05) is 13.0 Å². The van der Waals surface area contributed by atoms with Gasteiger partial charge in [-0.2, -0.15) is 0 Å². The van der Waals surface area contributed by atoms with Crippen molar-refractivity contribution in [2.24, 2.45) is 0 Å². The minimum Gasteiger partial charge on any atom is -0.398 e. The molecule has 0 radical (unpaired) electrons. The molecule has 25 heavy (non-hydrogen) atoms. The fourth-order valence-electron chi connectivity index (χ4n) is 3.01. The second kappa shape index (κ2) is 9.21. The monoisotopic (exact) mass is 342 g/mol. The van der Waals surface area contributed by atoms with Gasteiger partial charge in [-0.05, 0) is 66.5 Å². The molecule has 0 saturated carbocycles. The molecule has 8 N–H and O–H groups in total. The highest BCUT2D eigenvalue weighted by molar-refractivity contribution is 5.68. The molecule has 2 aromatic carbocycles. The first-order chi connectivity index (χ1) is 11.8. The summed E-state index contributed by atoms with van der Waals surface area (Å²) in [4.78, 5) is 0. The average Bonchev–Trinajstić information content (AvgIpc) is 2.59. The number of aryl methyl sites for hydroxylation is 4. The van der Waals surface area contributed by atoms with Crippen LogP contribution in [0.25, 0.3) is 0 Å². The quantitative estimate of drug-likeness (QED) is 0.623. The van der Waals surface area contributed by atoms with Crippen LogP contribution >= 0.6 is 0 Å². The third kappa shape index (κ3) is 4.81. The maximum atomic E-state index is 5.99. The molecule has 0 saturated heterocycles. The number of benzene rings is 2. The molecule has 0 aliphatic rings. The minimum absolute atomic E-state index is 0.812. The van der Waals surface area contributed by atoms with Gasteiger partial charge in [0.05, 0.1) is 0 Å². The van der Waals surface area contributed by atoms with Crippen molar-refractivity contribution >= 4 is 22.7 Å². The Hall–Kier alpha value is -2.36. The Morgan fingerprint density at radius 1 is 0.600 bits per heavy atom. The molecule has 138 valence electrons. The fraction of sp³-hybridized carbons (Fsp3) is 0.429. The molecule has 0 aromatic heterocycles. The topological polar surface area (TPSA) is 104 Å². The highest BCUT2D eigenvalue weighted by Gasteiger charge is 2.08. The molecule has 0 fully saturated rings. The van der Waals surface area contributed by atoms with Crippen molar-refractivity contribution in [2.45, 2.75) is 60.3 Å². The van der Waals surface area contributed by atoms with Crippen molar-refractivity contribution in [3.8, 4) is 0 Å². The van der Waals surface area contributed by atoms with E-state index < -0.39 is 0 Å². The summed E-state index contributed by atoms with van der Waals surface area (Å²) in [7, 11) is 0. The Morgan fingerprint density at radius 2 is 1.08 bits per heavy atom. The second-order valence-electron chi connectivity index (χ2n) is 6.32. The molecule has 0 amide bonds. The highest BCUT2D eigenvalue weighted by atomic mass is 14.6. The summed E-state index contributed by atoms with van der Waals surface area (Å²) in [5, 5.41) is 0. The van der Waals surface area contributed by atoms with E-state index >= 15 is 0 Å². The van der Waals surface area contributed by atoms with Gasteiger partial charge >= 0.3 is 0 Å². The molecule has 0 unspecified atom stereocenters. The maximum absolute atomic E-state index is 5.99. The van der Waals surface area contributed by atoms with Crippen LogP contribution in [0.15, 0.2) is 18.2 Å². The minimum atomic E-state index is 0.812. The zero-order valence-electron chi connectivity index (χ0n) is 16.4. The van der Waals surface area contributed by atoms with E-state index in [2.05, 4.69) is 39.8 Å². The van der Waals surface area contributed by atoms with Gasteiger partial charge in [-0.25, -0.2) is 0 Å². The third-order valence-electron chi connectivity index (χ3n) is 4.71. The summed E-state index contributed by atoms with van der Waals surface area (Å²) >= 11 is 0. The molecule has 2 rings (SSSR count). The number of nitrogen functional groups attached to an aromatic ring is 4. The van der Waals surface area contributed by atoms with Gasteiger partial charge in [0.1, 0.15) is 0 Å². The van der Waals surface area contributed by atoms with Gasteiger partial charge in [-0.15, -0.1) is 0 Å². The van der Waals surface area contributed by atoms with Crippen LogP contribution in [0.2, 0.25) is 0 Å². The Labute approximate surface area is 152 Å². The standard InChI is InChI=1S/C11H18N2.C10H16N2/c1-4-8-6-7(3)10(12)9(5-2)11(8)13;1-3-7-5-8(4-2)10(12)6-9(7)11/h6H,4-5,12-13H2,1-3H3;5-6H,3-4,11-12H2,1-2H3. The van der Waals surface area contributed by atoms with Crippen LogP contribution in [0.1, 0.15) is 55.5 Å². The van der Waals surface area contributed by atoms with E-state index in [1.165, 1.54) is 16.7 Å². The first kappa shape index (κ1) is 20.7. The zero-order valence-corrected chi connectivity index (χ0v) is 16.4. The van der Waals surface area contributed by atoms with E-state index in [-0.39, 0.29) is 0 Å². The molecule has 4 nitrogen and oxygen atoms in total. The number of anilines is 4. The van der Waals surface area contributed by atoms with Crippen molar-refractivity contribution in [3.63, 3.8) is 0 Å². The average molecular weight is 343 g/mol. The van der Waals surface area contributed by atoms with Gasteiger partial charge in [0, 0.05) is 22.7 Å². The van der Waals surface area contributed by atoms with Crippen LogP contribution in [-0.2, 0) is 25.7 Å². The predicted octanol–water partition coefficient (Wildman–Crippen LogP) is 4.26. The largest absolute Gasteiger partial charge is 0.398 e. The Balaban J connectivity index is 0.000000251. The molecule has 0 aliphatic carbocycles. The van der Waals surface area contributed by atoms with Crippen molar-refractivity contribution in [1.82, 2.24) is 0 Å². The first-order valence-corrected chi connectivity index (χ1v) is 9.13. The summed E-state index contributed by atoms with van der Waals surface area (Å²) in [6.07, 6.45) is 3.82. The van der Waals surface area contributed by atoms with Crippen LogP contribution < -0.4 is 22.9 Å². The van der Waals surface area contributed by atoms with Gasteiger partial charge in [0.15, 0.2) is 0 Å². The van der Waals surface area contributed by atoms with Crippen molar-refractivity contribution in [1.29, 1.82) is 0 Å². The van der Waals surface area contributed by atoms with Crippen molar-refractivity contribution < 1.29 is 0 Å². The Kier molecular flexibility index (Phi) is 7.62. The smallest absolute Gasteiger partial charge is 0.0399 e. The molecule has 0 heterocycles. The lowest BCUT2D eigenvalue weighted by atomic mass is 9.98. The molecule has 0 atom stereocenters. The molecule has 2 aromatic rings. The molecule has 0 aliphatic heterocycles. The van der Waals surface area contributed by atoms with Crippen LogP contribution in [0.4, 0.5) is 22.7 Å². The van der Waals surface area contributed by atoms with E-state index in [0.29, 0.717) is 0 Å². The van der Waals surface area contributed by atoms with E-state index in [0.717, 1.165) is 59.6 Å². The molecular weight excluding hydrogens is 308 g/mol. The van der Waals surface area contributed by atoms with Gasteiger partial charge in [-0.1, -0.05) is 39.8 Å². The molecule has 0 spiro atoms.